The Morgan fingerprint density at radius 2 is 1.54 bits per heavy atom. The van der Waals surface area contributed by atoms with Crippen LogP contribution in [-0.4, -0.2) is 19.9 Å². The van der Waals surface area contributed by atoms with Crippen LogP contribution in [0.2, 0.25) is 0 Å². The molecule has 0 spiro atoms. The lowest BCUT2D eigenvalue weighted by molar-refractivity contribution is 0.593. The van der Waals surface area contributed by atoms with Crippen molar-refractivity contribution in [3.05, 3.63) is 72.1 Å². The van der Waals surface area contributed by atoms with Gasteiger partial charge in [-0.05, 0) is 53.9 Å². The summed E-state index contributed by atoms with van der Waals surface area (Å²) < 4.78 is 6.09. The zero-order valence-electron chi connectivity index (χ0n) is 14.6. The largest absolute Gasteiger partial charge is 0.453 e. The van der Waals surface area contributed by atoms with Gasteiger partial charge in [0.25, 0.3) is 0 Å². The molecule has 6 rings (SSSR count). The second-order valence-electron chi connectivity index (χ2n) is 6.56. The van der Waals surface area contributed by atoms with Crippen LogP contribution in [0.1, 0.15) is 0 Å². The quantitative estimate of drug-likeness (QED) is 0.389. The van der Waals surface area contributed by atoms with Crippen molar-refractivity contribution < 1.29 is 4.42 Å². The summed E-state index contributed by atoms with van der Waals surface area (Å²) in [6.45, 7) is 0. The molecule has 0 aliphatic carbocycles. The highest BCUT2D eigenvalue weighted by Crippen LogP contribution is 2.31. The van der Waals surface area contributed by atoms with Crippen LogP contribution in [0.5, 0.6) is 0 Å². The summed E-state index contributed by atoms with van der Waals surface area (Å²) in [4.78, 5) is 17.1. The van der Waals surface area contributed by atoms with Crippen LogP contribution in [0.25, 0.3) is 55.7 Å². The van der Waals surface area contributed by atoms with Gasteiger partial charge in [0, 0.05) is 5.56 Å². The van der Waals surface area contributed by atoms with E-state index in [0.29, 0.717) is 0 Å². The van der Waals surface area contributed by atoms with Gasteiger partial charge in [-0.15, -0.1) is 11.3 Å². The molecule has 0 bridgehead atoms. The number of nitrogens with one attached hydrogen (secondary N) is 2. The van der Waals surface area contributed by atoms with E-state index in [1.807, 2.05) is 54.6 Å². The molecule has 0 aliphatic heterocycles. The molecule has 0 atom stereocenters. The van der Waals surface area contributed by atoms with Gasteiger partial charge in [0.1, 0.15) is 11.6 Å². The molecule has 0 amide bonds. The van der Waals surface area contributed by atoms with Gasteiger partial charge in [-0.1, -0.05) is 18.2 Å². The maximum absolute atomic E-state index is 6.09. The Hall–Kier alpha value is -3.64. The first-order chi connectivity index (χ1) is 13.8. The molecule has 0 radical (unpaired) electrons. The number of hydrogen-bond donors (Lipinski definition) is 2. The van der Waals surface area contributed by atoms with Crippen LogP contribution < -0.4 is 0 Å². The highest BCUT2D eigenvalue weighted by molar-refractivity contribution is 7.13. The second kappa shape index (κ2) is 5.94. The minimum absolute atomic E-state index is 0.718. The summed E-state index contributed by atoms with van der Waals surface area (Å²) in [5, 5.41) is 2.05. The first kappa shape index (κ1) is 15.4. The number of H-pyrrole nitrogens is 2. The van der Waals surface area contributed by atoms with E-state index in [-0.39, 0.29) is 0 Å². The van der Waals surface area contributed by atoms with E-state index in [0.717, 1.165) is 55.7 Å². The molecule has 6 heteroatoms. The lowest BCUT2D eigenvalue weighted by Crippen LogP contribution is -1.77. The molecule has 4 heterocycles. The summed E-state index contributed by atoms with van der Waals surface area (Å²) in [5.41, 5.74) is 4.85. The minimum atomic E-state index is 0.718. The highest BCUT2D eigenvalue weighted by Gasteiger charge is 2.12. The number of aromatic amines is 2. The van der Waals surface area contributed by atoms with Crippen LogP contribution in [0.4, 0.5) is 0 Å². The summed E-state index contributed by atoms with van der Waals surface area (Å²) in [6.07, 6.45) is 0. The molecule has 4 aromatic heterocycles. The Balaban J connectivity index is 1.38. The SMILES string of the molecule is c1csc(-c2nc3ccc(-c4ccc(-c5nc6ccccc6[nH]5)o4)cc3[nH]2)c1. The fourth-order valence-electron chi connectivity index (χ4n) is 3.38. The Morgan fingerprint density at radius 3 is 2.43 bits per heavy atom. The predicted octanol–water partition coefficient (Wildman–Crippen LogP) is 6.09. The topological polar surface area (TPSA) is 70.5 Å². The van der Waals surface area contributed by atoms with E-state index in [9.17, 15) is 0 Å². The molecule has 0 saturated carbocycles. The zero-order valence-corrected chi connectivity index (χ0v) is 15.5. The van der Waals surface area contributed by atoms with E-state index >= 15 is 0 Å². The summed E-state index contributed by atoms with van der Waals surface area (Å²) >= 11 is 1.67. The standard InChI is InChI=1S/C22H14N4OS/c1-2-5-15-14(4-1)23-21(24-15)19-10-9-18(27-19)13-7-8-16-17(12-13)26-22(25-16)20-6-3-11-28-20/h1-12H,(H,23,24)(H,25,26). The van der Waals surface area contributed by atoms with Gasteiger partial charge in [0.2, 0.25) is 0 Å². The van der Waals surface area contributed by atoms with E-state index in [2.05, 4.69) is 37.4 Å². The van der Waals surface area contributed by atoms with Gasteiger partial charge in [0.05, 0.1) is 26.9 Å². The third-order valence-corrected chi connectivity index (χ3v) is 5.63. The summed E-state index contributed by atoms with van der Waals surface area (Å²) in [7, 11) is 0. The number of thiophene rings is 1. The van der Waals surface area contributed by atoms with E-state index in [1.165, 1.54) is 0 Å². The lowest BCUT2D eigenvalue weighted by Gasteiger charge is -1.97. The van der Waals surface area contributed by atoms with Gasteiger partial charge >= 0.3 is 0 Å². The maximum Gasteiger partial charge on any atom is 0.174 e. The van der Waals surface area contributed by atoms with Gasteiger partial charge in [-0.2, -0.15) is 0 Å². The Kier molecular flexibility index (Phi) is 3.27. The van der Waals surface area contributed by atoms with Crippen LogP contribution in [0, 0.1) is 0 Å². The van der Waals surface area contributed by atoms with Gasteiger partial charge < -0.3 is 14.4 Å². The third kappa shape index (κ3) is 2.46. The number of aromatic nitrogens is 4. The molecule has 0 fully saturated rings. The molecule has 0 unspecified atom stereocenters. The number of benzene rings is 2. The number of nitrogens with zero attached hydrogens (tertiary/aromatic N) is 2. The number of para-hydroxylation sites is 2. The van der Waals surface area contributed by atoms with Gasteiger partial charge in [-0.3, -0.25) is 0 Å². The molecule has 6 aromatic rings. The normalized spacial score (nSPS) is 11.6. The van der Waals surface area contributed by atoms with E-state index < -0.39 is 0 Å². The fourth-order valence-corrected chi connectivity index (χ4v) is 4.05. The zero-order chi connectivity index (χ0) is 18.5. The molecule has 0 aliphatic rings. The first-order valence-electron chi connectivity index (χ1n) is 8.92. The Morgan fingerprint density at radius 1 is 0.714 bits per heavy atom. The molecule has 0 saturated heterocycles. The Labute approximate surface area is 163 Å². The molecule has 5 nitrogen and oxygen atoms in total. The number of furan rings is 1. The highest BCUT2D eigenvalue weighted by atomic mass is 32.1. The van der Waals surface area contributed by atoms with Crippen LogP contribution in [0.3, 0.4) is 0 Å². The second-order valence-corrected chi connectivity index (χ2v) is 7.51. The maximum atomic E-state index is 6.09. The molecule has 2 N–H and O–H groups in total. The number of rotatable bonds is 3. The summed E-state index contributed by atoms with van der Waals surface area (Å²) in [5.74, 6) is 3.14. The van der Waals surface area contributed by atoms with Crippen molar-refractivity contribution in [2.24, 2.45) is 0 Å². The van der Waals surface area contributed by atoms with Crippen molar-refractivity contribution in [1.82, 2.24) is 19.9 Å². The lowest BCUT2D eigenvalue weighted by atomic mass is 10.1. The van der Waals surface area contributed by atoms with E-state index in [4.69, 9.17) is 4.42 Å². The Bertz CT molecular complexity index is 1390. The fraction of sp³-hybridized carbons (Fsp3) is 0. The van der Waals surface area contributed by atoms with Gasteiger partial charge in [-0.25, -0.2) is 9.97 Å². The van der Waals surface area contributed by atoms with Crippen molar-refractivity contribution >= 4 is 33.4 Å². The van der Waals surface area contributed by atoms with E-state index in [1.54, 1.807) is 11.3 Å². The number of hydrogen-bond acceptors (Lipinski definition) is 4. The molecule has 28 heavy (non-hydrogen) atoms. The van der Waals surface area contributed by atoms with Crippen LogP contribution in [0.15, 0.2) is 76.5 Å². The van der Waals surface area contributed by atoms with Crippen molar-refractivity contribution in [2.45, 2.75) is 0 Å². The van der Waals surface area contributed by atoms with Crippen molar-refractivity contribution in [1.29, 1.82) is 0 Å². The third-order valence-electron chi connectivity index (χ3n) is 4.75. The molecule has 134 valence electrons. The number of fused-ring (bicyclic) bond motifs is 2. The average Bonchev–Trinajstić information content (AvgIpc) is 3.52. The van der Waals surface area contributed by atoms with Crippen molar-refractivity contribution in [2.75, 3.05) is 0 Å². The smallest absolute Gasteiger partial charge is 0.174 e. The molecular formula is C22H14N4OS. The van der Waals surface area contributed by atoms with Crippen molar-refractivity contribution in [3.8, 4) is 33.6 Å². The monoisotopic (exact) mass is 382 g/mol. The number of imidazole rings is 2. The molecule has 2 aromatic carbocycles. The summed E-state index contributed by atoms with van der Waals surface area (Å²) in [6, 6.07) is 22.1. The van der Waals surface area contributed by atoms with Crippen molar-refractivity contribution in [3.63, 3.8) is 0 Å². The first-order valence-corrected chi connectivity index (χ1v) is 9.80. The molecular weight excluding hydrogens is 368 g/mol. The minimum Gasteiger partial charge on any atom is -0.453 e. The van der Waals surface area contributed by atoms with Gasteiger partial charge in [0.15, 0.2) is 11.6 Å². The van der Waals surface area contributed by atoms with Crippen LogP contribution >= 0.6 is 11.3 Å². The predicted molar refractivity (Wildman–Crippen MR) is 112 cm³/mol. The van der Waals surface area contributed by atoms with Crippen LogP contribution in [-0.2, 0) is 0 Å². The average molecular weight is 382 g/mol.